The molecule has 0 fully saturated rings. The summed E-state index contributed by atoms with van der Waals surface area (Å²) < 4.78 is 6.26. The summed E-state index contributed by atoms with van der Waals surface area (Å²) in [5.41, 5.74) is 1.14. The highest BCUT2D eigenvalue weighted by molar-refractivity contribution is 14.1. The van der Waals surface area contributed by atoms with Gasteiger partial charge in [0.25, 0.3) is 0 Å². The number of hydrogen-bond acceptors (Lipinski definition) is 4. The van der Waals surface area contributed by atoms with Crippen molar-refractivity contribution in [2.75, 3.05) is 19.0 Å². The maximum atomic E-state index is 5.22. The lowest BCUT2D eigenvalue weighted by atomic mass is 10.1. The molecule has 0 aliphatic rings. The van der Waals surface area contributed by atoms with E-state index in [9.17, 15) is 0 Å². The lowest BCUT2D eigenvalue weighted by molar-refractivity contribution is 0.414. The maximum absolute atomic E-state index is 5.22. The Balaban J connectivity index is 2.20. The van der Waals surface area contributed by atoms with Gasteiger partial charge in [0.2, 0.25) is 0 Å². The van der Waals surface area contributed by atoms with Crippen LogP contribution in [0.3, 0.4) is 0 Å². The summed E-state index contributed by atoms with van der Waals surface area (Å²) in [6.07, 6.45) is 2.55. The predicted molar refractivity (Wildman–Crippen MR) is 84.7 cm³/mol. The molecule has 1 heterocycles. The van der Waals surface area contributed by atoms with Crippen LogP contribution in [0.2, 0.25) is 0 Å². The number of anilines is 1. The smallest absolute Gasteiger partial charge is 0.143 e. The molecule has 1 aromatic heterocycles. The van der Waals surface area contributed by atoms with Crippen molar-refractivity contribution in [3.63, 3.8) is 0 Å². The monoisotopic (exact) mass is 369 g/mol. The zero-order valence-electron chi connectivity index (χ0n) is 11.0. The minimum atomic E-state index is 0.701. The second-order valence-electron chi connectivity index (χ2n) is 4.04. The third-order valence-corrected chi connectivity index (χ3v) is 3.42. The van der Waals surface area contributed by atoms with Crippen LogP contribution < -0.4 is 10.1 Å². The zero-order chi connectivity index (χ0) is 13.7. The lowest BCUT2D eigenvalue weighted by Crippen LogP contribution is -2.06. The van der Waals surface area contributed by atoms with Crippen LogP contribution in [-0.4, -0.2) is 23.6 Å². The van der Waals surface area contributed by atoms with Crippen molar-refractivity contribution >= 4 is 28.4 Å². The summed E-state index contributed by atoms with van der Waals surface area (Å²) in [6, 6.07) is 7.97. The Morgan fingerprint density at radius 2 is 2.21 bits per heavy atom. The van der Waals surface area contributed by atoms with Gasteiger partial charge in [0.1, 0.15) is 17.4 Å². The summed E-state index contributed by atoms with van der Waals surface area (Å²) in [6.45, 7) is 2.91. The average Bonchev–Trinajstić information content (AvgIpc) is 2.43. The van der Waals surface area contributed by atoms with E-state index in [2.05, 4.69) is 50.9 Å². The number of methoxy groups -OCH3 is 1. The van der Waals surface area contributed by atoms with E-state index in [1.54, 1.807) is 7.11 Å². The molecule has 2 rings (SSSR count). The van der Waals surface area contributed by atoms with Crippen LogP contribution >= 0.6 is 22.6 Å². The van der Waals surface area contributed by atoms with Gasteiger partial charge in [0.15, 0.2) is 0 Å². The Bertz CT molecular complexity index is 560. The zero-order valence-corrected chi connectivity index (χ0v) is 13.1. The van der Waals surface area contributed by atoms with Crippen LogP contribution in [0.1, 0.15) is 18.3 Å². The second kappa shape index (κ2) is 6.70. The molecule has 0 radical (unpaired) electrons. The molecule has 1 N–H and O–H groups in total. The molecule has 0 spiro atoms. The van der Waals surface area contributed by atoms with Crippen molar-refractivity contribution in [2.24, 2.45) is 0 Å². The topological polar surface area (TPSA) is 47.0 Å². The van der Waals surface area contributed by atoms with E-state index in [0.29, 0.717) is 6.42 Å². The van der Waals surface area contributed by atoms with Crippen molar-refractivity contribution in [1.82, 2.24) is 9.97 Å². The highest BCUT2D eigenvalue weighted by atomic mass is 127. The van der Waals surface area contributed by atoms with Crippen LogP contribution in [0.15, 0.2) is 30.5 Å². The summed E-state index contributed by atoms with van der Waals surface area (Å²) >= 11 is 2.24. The van der Waals surface area contributed by atoms with E-state index in [-0.39, 0.29) is 0 Å². The minimum absolute atomic E-state index is 0.701. The molecule has 19 heavy (non-hydrogen) atoms. The second-order valence-corrected chi connectivity index (χ2v) is 5.20. The van der Waals surface area contributed by atoms with E-state index in [0.717, 1.165) is 33.1 Å². The standard InChI is InChI=1S/C14H16IN3O/c1-3-16-14-12(15)9-17-13(18-14)8-10-5-4-6-11(7-10)19-2/h4-7,9H,3,8H2,1-2H3,(H,16,17,18). The number of nitrogens with zero attached hydrogens (tertiary/aromatic N) is 2. The van der Waals surface area contributed by atoms with Gasteiger partial charge in [0.05, 0.1) is 10.7 Å². The molecule has 0 atom stereocenters. The van der Waals surface area contributed by atoms with Gasteiger partial charge < -0.3 is 10.1 Å². The number of ether oxygens (including phenoxy) is 1. The molecule has 2 aromatic rings. The average molecular weight is 369 g/mol. The molecule has 0 bridgehead atoms. The fraction of sp³-hybridized carbons (Fsp3) is 0.286. The fourth-order valence-corrected chi connectivity index (χ4v) is 2.20. The molecule has 0 unspecified atom stereocenters. The molecule has 0 aliphatic carbocycles. The quantitative estimate of drug-likeness (QED) is 0.823. The SMILES string of the molecule is CCNc1nc(Cc2cccc(OC)c2)ncc1I. The van der Waals surface area contributed by atoms with E-state index in [1.807, 2.05) is 24.4 Å². The van der Waals surface area contributed by atoms with Gasteiger partial charge in [-0.25, -0.2) is 9.97 Å². The van der Waals surface area contributed by atoms with Crippen LogP contribution in [0, 0.1) is 3.57 Å². The van der Waals surface area contributed by atoms with Crippen molar-refractivity contribution in [1.29, 1.82) is 0 Å². The van der Waals surface area contributed by atoms with Crippen LogP contribution in [-0.2, 0) is 6.42 Å². The van der Waals surface area contributed by atoms with Crippen molar-refractivity contribution in [2.45, 2.75) is 13.3 Å². The molecule has 5 heteroatoms. The van der Waals surface area contributed by atoms with Crippen molar-refractivity contribution < 1.29 is 4.74 Å². The lowest BCUT2D eigenvalue weighted by Gasteiger charge is -2.08. The number of nitrogens with one attached hydrogen (secondary N) is 1. The number of hydrogen-bond donors (Lipinski definition) is 1. The Morgan fingerprint density at radius 1 is 1.37 bits per heavy atom. The molecule has 1 aromatic carbocycles. The Hall–Kier alpha value is -1.37. The van der Waals surface area contributed by atoms with Gasteiger partial charge >= 0.3 is 0 Å². The molecule has 0 amide bonds. The molecule has 100 valence electrons. The minimum Gasteiger partial charge on any atom is -0.497 e. The largest absolute Gasteiger partial charge is 0.497 e. The van der Waals surface area contributed by atoms with Gasteiger partial charge in [-0.05, 0) is 47.2 Å². The van der Waals surface area contributed by atoms with E-state index in [1.165, 1.54) is 0 Å². The van der Waals surface area contributed by atoms with Crippen molar-refractivity contribution in [3.8, 4) is 5.75 Å². The molecule has 0 aliphatic heterocycles. The Kier molecular flexibility index (Phi) is 4.95. The molecule has 4 nitrogen and oxygen atoms in total. The Morgan fingerprint density at radius 3 is 2.95 bits per heavy atom. The van der Waals surface area contributed by atoms with Gasteiger partial charge in [-0.1, -0.05) is 12.1 Å². The molecule has 0 saturated carbocycles. The summed E-state index contributed by atoms with van der Waals surface area (Å²) in [5.74, 6) is 2.57. The Labute approximate surface area is 126 Å². The third-order valence-electron chi connectivity index (χ3n) is 2.63. The van der Waals surface area contributed by atoms with E-state index >= 15 is 0 Å². The molecular formula is C14H16IN3O. The number of aromatic nitrogens is 2. The van der Waals surface area contributed by atoms with E-state index in [4.69, 9.17) is 4.74 Å². The third kappa shape index (κ3) is 3.79. The summed E-state index contributed by atoms with van der Waals surface area (Å²) in [7, 11) is 1.67. The van der Waals surface area contributed by atoms with Crippen LogP contribution in [0.25, 0.3) is 0 Å². The van der Waals surface area contributed by atoms with Gasteiger partial charge in [0, 0.05) is 19.2 Å². The predicted octanol–water partition coefficient (Wildman–Crippen LogP) is 3.11. The fourth-order valence-electron chi connectivity index (χ4n) is 1.75. The first-order chi connectivity index (χ1) is 9.22. The van der Waals surface area contributed by atoms with Gasteiger partial charge in [-0.2, -0.15) is 0 Å². The molecular weight excluding hydrogens is 353 g/mol. The highest BCUT2D eigenvalue weighted by Gasteiger charge is 2.05. The highest BCUT2D eigenvalue weighted by Crippen LogP contribution is 2.17. The number of halogens is 1. The van der Waals surface area contributed by atoms with E-state index < -0.39 is 0 Å². The first-order valence-electron chi connectivity index (χ1n) is 6.11. The van der Waals surface area contributed by atoms with Crippen molar-refractivity contribution in [3.05, 3.63) is 45.4 Å². The molecule has 0 saturated heterocycles. The van der Waals surface area contributed by atoms with Gasteiger partial charge in [-0.15, -0.1) is 0 Å². The number of benzene rings is 1. The maximum Gasteiger partial charge on any atom is 0.143 e. The normalized spacial score (nSPS) is 10.3. The summed E-state index contributed by atoms with van der Waals surface area (Å²) in [4.78, 5) is 8.91. The number of rotatable bonds is 5. The van der Waals surface area contributed by atoms with Crippen LogP contribution in [0.5, 0.6) is 5.75 Å². The first-order valence-corrected chi connectivity index (χ1v) is 7.19. The summed E-state index contributed by atoms with van der Waals surface area (Å²) in [5, 5.41) is 3.24. The van der Waals surface area contributed by atoms with Crippen LogP contribution in [0.4, 0.5) is 5.82 Å². The first kappa shape index (κ1) is 14.0. The van der Waals surface area contributed by atoms with Gasteiger partial charge in [-0.3, -0.25) is 0 Å².